The summed E-state index contributed by atoms with van der Waals surface area (Å²) in [5, 5.41) is 2.71. The molecule has 0 fully saturated rings. The Hall–Kier alpha value is -0.830. The fourth-order valence-corrected chi connectivity index (χ4v) is 0.674. The molecule has 0 aliphatic carbocycles. The van der Waals surface area contributed by atoms with E-state index in [1.165, 1.54) is 0 Å². The number of carbonyl (C=O) groups excluding carboxylic acids is 1. The SMILES string of the molecule is C=CCCNC(=O)COCCC. The van der Waals surface area contributed by atoms with E-state index < -0.39 is 0 Å². The quantitative estimate of drug-likeness (QED) is 0.460. The van der Waals surface area contributed by atoms with Gasteiger partial charge in [0.15, 0.2) is 0 Å². The van der Waals surface area contributed by atoms with E-state index in [-0.39, 0.29) is 12.5 Å². The van der Waals surface area contributed by atoms with Crippen LogP contribution < -0.4 is 5.32 Å². The average Bonchev–Trinajstić information content (AvgIpc) is 2.06. The summed E-state index contributed by atoms with van der Waals surface area (Å²) in [6.07, 6.45) is 3.52. The molecule has 0 saturated carbocycles. The van der Waals surface area contributed by atoms with Gasteiger partial charge in [-0.15, -0.1) is 6.58 Å². The molecule has 0 spiro atoms. The highest BCUT2D eigenvalue weighted by Crippen LogP contribution is 1.81. The highest BCUT2D eigenvalue weighted by molar-refractivity contribution is 5.77. The van der Waals surface area contributed by atoms with Crippen molar-refractivity contribution in [2.45, 2.75) is 19.8 Å². The van der Waals surface area contributed by atoms with Gasteiger partial charge in [0.05, 0.1) is 0 Å². The Balaban J connectivity index is 3.15. The van der Waals surface area contributed by atoms with E-state index in [1.807, 2.05) is 6.92 Å². The molecule has 3 heteroatoms. The van der Waals surface area contributed by atoms with Gasteiger partial charge in [0, 0.05) is 13.2 Å². The zero-order valence-electron chi connectivity index (χ0n) is 7.64. The molecule has 0 unspecified atom stereocenters. The van der Waals surface area contributed by atoms with Gasteiger partial charge in [-0.2, -0.15) is 0 Å². The third kappa shape index (κ3) is 7.28. The second kappa shape index (κ2) is 8.27. The molecule has 0 aromatic heterocycles. The highest BCUT2D eigenvalue weighted by Gasteiger charge is 1.97. The summed E-state index contributed by atoms with van der Waals surface area (Å²) < 4.78 is 5.04. The highest BCUT2D eigenvalue weighted by atomic mass is 16.5. The van der Waals surface area contributed by atoms with Crippen molar-refractivity contribution < 1.29 is 9.53 Å². The number of ether oxygens (including phenoxy) is 1. The van der Waals surface area contributed by atoms with E-state index in [1.54, 1.807) is 6.08 Å². The normalized spacial score (nSPS) is 9.42. The summed E-state index contributed by atoms with van der Waals surface area (Å²) in [5.41, 5.74) is 0. The maximum Gasteiger partial charge on any atom is 0.246 e. The minimum Gasteiger partial charge on any atom is -0.372 e. The summed E-state index contributed by atoms with van der Waals surface area (Å²) in [6.45, 7) is 7.03. The van der Waals surface area contributed by atoms with Crippen LogP contribution in [0.2, 0.25) is 0 Å². The van der Waals surface area contributed by atoms with Gasteiger partial charge >= 0.3 is 0 Å². The molecule has 0 rings (SSSR count). The van der Waals surface area contributed by atoms with Crippen LogP contribution in [0.1, 0.15) is 19.8 Å². The summed E-state index contributed by atoms with van der Waals surface area (Å²) in [6, 6.07) is 0. The van der Waals surface area contributed by atoms with Crippen LogP contribution in [0.3, 0.4) is 0 Å². The first-order chi connectivity index (χ1) is 5.81. The Morgan fingerprint density at radius 3 is 3.00 bits per heavy atom. The molecule has 1 N–H and O–H groups in total. The molecule has 0 atom stereocenters. The Bertz CT molecular complexity index is 134. The van der Waals surface area contributed by atoms with Gasteiger partial charge in [-0.05, 0) is 12.8 Å². The van der Waals surface area contributed by atoms with Gasteiger partial charge < -0.3 is 10.1 Å². The molecule has 0 heterocycles. The molecular weight excluding hydrogens is 154 g/mol. The third-order valence-corrected chi connectivity index (χ3v) is 1.25. The Morgan fingerprint density at radius 1 is 1.67 bits per heavy atom. The predicted molar refractivity (Wildman–Crippen MR) is 48.9 cm³/mol. The maximum absolute atomic E-state index is 10.9. The fraction of sp³-hybridized carbons (Fsp3) is 0.667. The molecule has 12 heavy (non-hydrogen) atoms. The molecule has 0 aliphatic rings. The first-order valence-corrected chi connectivity index (χ1v) is 4.26. The van der Waals surface area contributed by atoms with E-state index >= 15 is 0 Å². The van der Waals surface area contributed by atoms with Crippen molar-refractivity contribution in [1.82, 2.24) is 5.32 Å². The van der Waals surface area contributed by atoms with Gasteiger partial charge in [-0.3, -0.25) is 4.79 Å². The Morgan fingerprint density at radius 2 is 2.42 bits per heavy atom. The number of amides is 1. The van der Waals surface area contributed by atoms with Crippen LogP contribution in [0, 0.1) is 0 Å². The summed E-state index contributed by atoms with van der Waals surface area (Å²) in [7, 11) is 0. The zero-order chi connectivity index (χ0) is 9.23. The first kappa shape index (κ1) is 11.2. The standard InChI is InChI=1S/C9H17NO2/c1-3-5-6-10-9(11)8-12-7-4-2/h3H,1,4-8H2,2H3,(H,10,11). The van der Waals surface area contributed by atoms with E-state index in [4.69, 9.17) is 4.74 Å². The molecule has 0 aromatic rings. The Kier molecular flexibility index (Phi) is 7.70. The van der Waals surface area contributed by atoms with Crippen LogP contribution >= 0.6 is 0 Å². The lowest BCUT2D eigenvalue weighted by atomic mass is 10.4. The van der Waals surface area contributed by atoms with Crippen molar-refractivity contribution in [3.05, 3.63) is 12.7 Å². The predicted octanol–water partition coefficient (Wildman–Crippen LogP) is 1.11. The second-order valence-corrected chi connectivity index (χ2v) is 2.48. The Labute approximate surface area is 73.8 Å². The number of hydrogen-bond donors (Lipinski definition) is 1. The fourth-order valence-electron chi connectivity index (χ4n) is 0.674. The van der Waals surface area contributed by atoms with Crippen LogP contribution in [-0.2, 0) is 9.53 Å². The van der Waals surface area contributed by atoms with Crippen molar-refractivity contribution in [1.29, 1.82) is 0 Å². The molecule has 0 bridgehead atoms. The molecule has 0 radical (unpaired) electrons. The summed E-state index contributed by atoms with van der Waals surface area (Å²) >= 11 is 0. The van der Waals surface area contributed by atoms with Crippen LogP contribution in [0.5, 0.6) is 0 Å². The van der Waals surface area contributed by atoms with Crippen LogP contribution in [0.25, 0.3) is 0 Å². The van der Waals surface area contributed by atoms with E-state index in [0.717, 1.165) is 12.8 Å². The summed E-state index contributed by atoms with van der Waals surface area (Å²) in [4.78, 5) is 10.9. The number of rotatable bonds is 7. The van der Waals surface area contributed by atoms with Crippen LogP contribution in [0.4, 0.5) is 0 Å². The van der Waals surface area contributed by atoms with Crippen molar-refractivity contribution in [3.63, 3.8) is 0 Å². The van der Waals surface area contributed by atoms with Gasteiger partial charge in [0.1, 0.15) is 6.61 Å². The van der Waals surface area contributed by atoms with E-state index in [0.29, 0.717) is 13.2 Å². The minimum absolute atomic E-state index is 0.0506. The lowest BCUT2D eigenvalue weighted by Gasteiger charge is -2.03. The number of hydrogen-bond acceptors (Lipinski definition) is 2. The minimum atomic E-state index is -0.0506. The van der Waals surface area contributed by atoms with Crippen LogP contribution in [-0.4, -0.2) is 25.7 Å². The lowest BCUT2D eigenvalue weighted by Crippen LogP contribution is -2.28. The first-order valence-electron chi connectivity index (χ1n) is 4.26. The van der Waals surface area contributed by atoms with Crippen LogP contribution in [0.15, 0.2) is 12.7 Å². The number of nitrogens with one attached hydrogen (secondary N) is 1. The molecule has 3 nitrogen and oxygen atoms in total. The van der Waals surface area contributed by atoms with Gasteiger partial charge in [-0.1, -0.05) is 13.0 Å². The van der Waals surface area contributed by atoms with Crippen molar-refractivity contribution in [2.24, 2.45) is 0 Å². The molecule has 0 saturated heterocycles. The molecule has 0 aliphatic heterocycles. The molecular formula is C9H17NO2. The molecule has 0 aromatic carbocycles. The third-order valence-electron chi connectivity index (χ3n) is 1.25. The van der Waals surface area contributed by atoms with Crippen molar-refractivity contribution >= 4 is 5.91 Å². The maximum atomic E-state index is 10.9. The van der Waals surface area contributed by atoms with E-state index in [9.17, 15) is 4.79 Å². The van der Waals surface area contributed by atoms with Gasteiger partial charge in [0.2, 0.25) is 5.91 Å². The zero-order valence-corrected chi connectivity index (χ0v) is 7.64. The number of carbonyl (C=O) groups is 1. The molecule has 1 amide bonds. The summed E-state index contributed by atoms with van der Waals surface area (Å²) in [5.74, 6) is -0.0506. The smallest absolute Gasteiger partial charge is 0.246 e. The van der Waals surface area contributed by atoms with Gasteiger partial charge in [0.25, 0.3) is 0 Å². The van der Waals surface area contributed by atoms with Crippen molar-refractivity contribution in [3.8, 4) is 0 Å². The molecule has 70 valence electrons. The van der Waals surface area contributed by atoms with Gasteiger partial charge in [-0.25, -0.2) is 0 Å². The largest absolute Gasteiger partial charge is 0.372 e. The second-order valence-electron chi connectivity index (χ2n) is 2.48. The van der Waals surface area contributed by atoms with Crippen molar-refractivity contribution in [2.75, 3.05) is 19.8 Å². The topological polar surface area (TPSA) is 38.3 Å². The lowest BCUT2D eigenvalue weighted by molar-refractivity contribution is -0.125. The van der Waals surface area contributed by atoms with E-state index in [2.05, 4.69) is 11.9 Å². The average molecular weight is 171 g/mol. The monoisotopic (exact) mass is 171 g/mol.